The van der Waals surface area contributed by atoms with Crippen LogP contribution in [0.1, 0.15) is 31.1 Å². The molecule has 118 valence electrons. The number of hydrogen-bond acceptors (Lipinski definition) is 5. The summed E-state index contributed by atoms with van der Waals surface area (Å²) in [4.78, 5) is 16.3. The maximum absolute atomic E-state index is 12.2. The molecule has 0 N–H and O–H groups in total. The predicted octanol–water partition coefficient (Wildman–Crippen LogP) is 2.84. The van der Waals surface area contributed by atoms with Crippen molar-refractivity contribution in [3.05, 3.63) is 36.4 Å². The molecular formula is C16H20N2O4. The van der Waals surface area contributed by atoms with Crippen LogP contribution in [0.5, 0.6) is 11.5 Å². The fourth-order valence-electron chi connectivity index (χ4n) is 2.08. The van der Waals surface area contributed by atoms with E-state index in [9.17, 15) is 4.79 Å². The summed E-state index contributed by atoms with van der Waals surface area (Å²) in [6.45, 7) is 5.86. The van der Waals surface area contributed by atoms with Gasteiger partial charge in [0.1, 0.15) is 5.56 Å². The molecule has 0 aliphatic heterocycles. The highest BCUT2D eigenvalue weighted by Crippen LogP contribution is 2.37. The Hall–Kier alpha value is -2.50. The van der Waals surface area contributed by atoms with Crippen LogP contribution < -0.4 is 9.47 Å². The molecule has 2 rings (SSSR count). The fraction of sp³-hybridized carbons (Fsp3) is 0.375. The van der Waals surface area contributed by atoms with Gasteiger partial charge in [0.2, 0.25) is 0 Å². The van der Waals surface area contributed by atoms with Crippen LogP contribution in [-0.4, -0.2) is 35.3 Å². The number of carbonyl (C=O) groups excluding carboxylic acids is 1. The van der Waals surface area contributed by atoms with Crippen molar-refractivity contribution >= 4 is 5.97 Å². The van der Waals surface area contributed by atoms with E-state index in [1.807, 2.05) is 6.92 Å². The first-order chi connectivity index (χ1) is 10.6. The molecule has 6 nitrogen and oxygen atoms in total. The van der Waals surface area contributed by atoms with E-state index in [0.717, 1.165) is 5.69 Å². The first-order valence-corrected chi connectivity index (χ1v) is 7.11. The van der Waals surface area contributed by atoms with E-state index in [0.29, 0.717) is 23.7 Å². The lowest BCUT2D eigenvalue weighted by Crippen LogP contribution is -2.14. The zero-order valence-corrected chi connectivity index (χ0v) is 13.2. The van der Waals surface area contributed by atoms with Crippen molar-refractivity contribution in [1.29, 1.82) is 0 Å². The summed E-state index contributed by atoms with van der Waals surface area (Å²) in [5.41, 5.74) is 1.08. The molecule has 22 heavy (non-hydrogen) atoms. The summed E-state index contributed by atoms with van der Waals surface area (Å²) in [6, 6.07) is 3.45. The molecule has 0 saturated carbocycles. The monoisotopic (exact) mass is 304 g/mol. The zero-order chi connectivity index (χ0) is 16.1. The molecule has 1 heterocycles. The highest BCUT2D eigenvalue weighted by Gasteiger charge is 2.22. The molecule has 0 atom stereocenters. The molecule has 0 aliphatic carbocycles. The summed E-state index contributed by atoms with van der Waals surface area (Å²) in [7, 11) is 1.54. The summed E-state index contributed by atoms with van der Waals surface area (Å²) in [5, 5.41) is 0. The molecule has 0 unspecified atom stereocenters. The van der Waals surface area contributed by atoms with E-state index in [-0.39, 0.29) is 6.10 Å². The van der Waals surface area contributed by atoms with E-state index < -0.39 is 5.97 Å². The lowest BCUT2D eigenvalue weighted by atomic mass is 10.1. The normalized spacial score (nSPS) is 10.6. The molecule has 0 bridgehead atoms. The Morgan fingerprint density at radius 2 is 2.09 bits per heavy atom. The fourth-order valence-corrected chi connectivity index (χ4v) is 2.08. The molecule has 1 aromatic heterocycles. The molecule has 6 heteroatoms. The average Bonchev–Trinajstić information content (AvgIpc) is 3.00. The smallest absolute Gasteiger partial charge is 0.342 e. The van der Waals surface area contributed by atoms with E-state index >= 15 is 0 Å². The number of nitrogens with zero attached hydrogens (tertiary/aromatic N) is 2. The second kappa shape index (κ2) is 6.98. The third kappa shape index (κ3) is 3.21. The molecule has 0 aliphatic rings. The highest BCUT2D eigenvalue weighted by atomic mass is 16.5. The molecule has 0 saturated heterocycles. The molecule has 0 amide bonds. The SMILES string of the molecule is CCOc1c(C(=O)OC(C)C)ccc(-n2ccnc2)c1OC. The first kappa shape index (κ1) is 15.9. The number of hydrogen-bond donors (Lipinski definition) is 0. The molecular weight excluding hydrogens is 284 g/mol. The van der Waals surface area contributed by atoms with E-state index in [1.165, 1.54) is 7.11 Å². The van der Waals surface area contributed by atoms with Gasteiger partial charge in [0.25, 0.3) is 0 Å². The number of methoxy groups -OCH3 is 1. The van der Waals surface area contributed by atoms with Crippen molar-refractivity contribution in [3.63, 3.8) is 0 Å². The lowest BCUT2D eigenvalue weighted by molar-refractivity contribution is 0.0373. The molecule has 2 aromatic rings. The van der Waals surface area contributed by atoms with Gasteiger partial charge in [-0.25, -0.2) is 9.78 Å². The van der Waals surface area contributed by atoms with Crippen LogP contribution in [0.3, 0.4) is 0 Å². The minimum absolute atomic E-state index is 0.207. The van der Waals surface area contributed by atoms with Crippen molar-refractivity contribution in [2.45, 2.75) is 26.9 Å². The van der Waals surface area contributed by atoms with Gasteiger partial charge in [-0.2, -0.15) is 0 Å². The molecule has 0 fully saturated rings. The Morgan fingerprint density at radius 1 is 1.32 bits per heavy atom. The largest absolute Gasteiger partial charge is 0.491 e. The Morgan fingerprint density at radius 3 is 2.64 bits per heavy atom. The van der Waals surface area contributed by atoms with E-state index in [1.54, 1.807) is 49.3 Å². The number of aromatic nitrogens is 2. The predicted molar refractivity (Wildman–Crippen MR) is 81.8 cm³/mol. The first-order valence-electron chi connectivity index (χ1n) is 7.11. The number of esters is 1. The number of imidazole rings is 1. The van der Waals surface area contributed by atoms with Gasteiger partial charge in [0.05, 0.1) is 31.8 Å². The molecule has 0 spiro atoms. The highest BCUT2D eigenvalue weighted by molar-refractivity contribution is 5.94. The number of rotatable bonds is 6. The molecule has 1 aromatic carbocycles. The maximum Gasteiger partial charge on any atom is 0.342 e. The maximum atomic E-state index is 12.2. The quantitative estimate of drug-likeness (QED) is 0.768. The third-order valence-electron chi connectivity index (χ3n) is 2.93. The van der Waals surface area contributed by atoms with Crippen LogP contribution in [-0.2, 0) is 4.74 Å². The van der Waals surface area contributed by atoms with Gasteiger partial charge in [0.15, 0.2) is 11.5 Å². The molecule has 0 radical (unpaired) electrons. The van der Waals surface area contributed by atoms with E-state index in [2.05, 4.69) is 4.98 Å². The van der Waals surface area contributed by atoms with Crippen LogP contribution in [0.2, 0.25) is 0 Å². The Labute approximate surface area is 129 Å². The Bertz CT molecular complexity index is 636. The minimum atomic E-state index is -0.436. The van der Waals surface area contributed by atoms with Crippen LogP contribution in [0.25, 0.3) is 5.69 Å². The van der Waals surface area contributed by atoms with Gasteiger partial charge in [-0.15, -0.1) is 0 Å². The average molecular weight is 304 g/mol. The van der Waals surface area contributed by atoms with Gasteiger partial charge >= 0.3 is 5.97 Å². The van der Waals surface area contributed by atoms with Crippen LogP contribution >= 0.6 is 0 Å². The summed E-state index contributed by atoms with van der Waals surface area (Å²) < 4.78 is 18.2. The number of benzene rings is 1. The zero-order valence-electron chi connectivity index (χ0n) is 13.2. The van der Waals surface area contributed by atoms with Crippen molar-refractivity contribution in [2.24, 2.45) is 0 Å². The summed E-state index contributed by atoms with van der Waals surface area (Å²) in [6.07, 6.45) is 4.90. The van der Waals surface area contributed by atoms with Gasteiger partial charge in [-0.1, -0.05) is 0 Å². The van der Waals surface area contributed by atoms with Gasteiger partial charge in [0, 0.05) is 12.4 Å². The van der Waals surface area contributed by atoms with Crippen molar-refractivity contribution in [3.8, 4) is 17.2 Å². The third-order valence-corrected chi connectivity index (χ3v) is 2.93. The van der Waals surface area contributed by atoms with Crippen molar-refractivity contribution < 1.29 is 19.0 Å². The van der Waals surface area contributed by atoms with Gasteiger partial charge in [-0.3, -0.25) is 0 Å². The second-order valence-corrected chi connectivity index (χ2v) is 4.85. The van der Waals surface area contributed by atoms with E-state index in [4.69, 9.17) is 14.2 Å². The van der Waals surface area contributed by atoms with Gasteiger partial charge in [-0.05, 0) is 32.9 Å². The topological polar surface area (TPSA) is 62.6 Å². The second-order valence-electron chi connectivity index (χ2n) is 4.85. The standard InChI is InChI=1S/C16H20N2O4/c1-5-21-14-12(16(19)22-11(2)3)6-7-13(15(14)20-4)18-9-8-17-10-18/h6-11H,5H2,1-4H3. The number of ether oxygens (including phenoxy) is 3. The van der Waals surface area contributed by atoms with Crippen LogP contribution in [0.4, 0.5) is 0 Å². The van der Waals surface area contributed by atoms with Crippen LogP contribution in [0, 0.1) is 0 Å². The Kier molecular flexibility index (Phi) is 5.04. The number of carbonyl (C=O) groups is 1. The Balaban J connectivity index is 2.54. The lowest BCUT2D eigenvalue weighted by Gasteiger charge is -2.18. The summed E-state index contributed by atoms with van der Waals surface area (Å²) >= 11 is 0. The summed E-state index contributed by atoms with van der Waals surface area (Å²) in [5.74, 6) is 0.411. The van der Waals surface area contributed by atoms with Crippen LogP contribution in [0.15, 0.2) is 30.9 Å². The minimum Gasteiger partial charge on any atom is -0.491 e. The van der Waals surface area contributed by atoms with Crippen molar-refractivity contribution in [2.75, 3.05) is 13.7 Å². The van der Waals surface area contributed by atoms with Gasteiger partial charge < -0.3 is 18.8 Å². The van der Waals surface area contributed by atoms with Crippen molar-refractivity contribution in [1.82, 2.24) is 9.55 Å².